The maximum Gasteiger partial charge on any atom is 0.0991 e. The summed E-state index contributed by atoms with van der Waals surface area (Å²) in [6.45, 7) is 4.49. The van der Waals surface area contributed by atoms with Gasteiger partial charge in [-0.25, -0.2) is 0 Å². The number of nitriles is 1. The van der Waals surface area contributed by atoms with E-state index in [-0.39, 0.29) is 0 Å². The molecule has 3 nitrogen and oxygen atoms in total. The summed E-state index contributed by atoms with van der Waals surface area (Å²) in [6, 6.07) is 9.30. The summed E-state index contributed by atoms with van der Waals surface area (Å²) in [5, 5.41) is 21.9. The van der Waals surface area contributed by atoms with Crippen molar-refractivity contribution in [2.24, 2.45) is 0 Å². The van der Waals surface area contributed by atoms with E-state index in [1.54, 1.807) is 12.1 Å². The Morgan fingerprint density at radius 2 is 1.81 bits per heavy atom. The van der Waals surface area contributed by atoms with Gasteiger partial charge in [0.25, 0.3) is 0 Å². The molecule has 16 heavy (non-hydrogen) atoms. The van der Waals surface area contributed by atoms with Crippen LogP contribution in [0.15, 0.2) is 24.3 Å². The van der Waals surface area contributed by atoms with Gasteiger partial charge in [0.1, 0.15) is 0 Å². The Labute approximate surface area is 96.7 Å². The number of nitrogens with one attached hydrogen (secondary N) is 1. The molecule has 0 aromatic heterocycles. The lowest BCUT2D eigenvalue weighted by Crippen LogP contribution is -2.35. The first-order valence-electron chi connectivity index (χ1n) is 5.60. The molecule has 0 aliphatic carbocycles. The summed E-state index contributed by atoms with van der Waals surface area (Å²) >= 11 is 0. The number of hydrogen-bond acceptors (Lipinski definition) is 3. The molecule has 0 aliphatic heterocycles. The molecule has 0 saturated heterocycles. The fraction of sp³-hybridized carbons (Fsp3) is 0.462. The lowest BCUT2D eigenvalue weighted by molar-refractivity contribution is 0.0457. The molecule has 86 valence electrons. The van der Waals surface area contributed by atoms with E-state index in [4.69, 9.17) is 5.26 Å². The summed E-state index contributed by atoms with van der Waals surface area (Å²) in [4.78, 5) is 0. The number of anilines is 1. The summed E-state index contributed by atoms with van der Waals surface area (Å²) in [5.41, 5.74) is 0.930. The summed E-state index contributed by atoms with van der Waals surface area (Å²) in [7, 11) is 0. The molecule has 3 heteroatoms. The lowest BCUT2D eigenvalue weighted by Gasteiger charge is -2.25. The third-order valence-electron chi connectivity index (χ3n) is 2.95. The molecule has 0 unspecified atom stereocenters. The average molecular weight is 218 g/mol. The van der Waals surface area contributed by atoms with Gasteiger partial charge < -0.3 is 10.4 Å². The molecular weight excluding hydrogens is 200 g/mol. The number of nitrogens with zero attached hydrogens (tertiary/aromatic N) is 1. The molecule has 0 spiro atoms. The van der Waals surface area contributed by atoms with Gasteiger partial charge in [-0.05, 0) is 37.1 Å². The standard InChI is InChI=1S/C13H18N2O/c1-3-13(16,4-2)10-15-12-7-5-11(9-14)6-8-12/h5-8,15-16H,3-4,10H2,1-2H3. The van der Waals surface area contributed by atoms with Crippen molar-refractivity contribution >= 4 is 5.69 Å². The SMILES string of the molecule is CCC(O)(CC)CNc1ccc(C#N)cc1. The molecule has 0 amide bonds. The normalized spacial score (nSPS) is 10.9. The predicted octanol–water partition coefficient (Wildman–Crippen LogP) is 2.52. The highest BCUT2D eigenvalue weighted by Gasteiger charge is 2.21. The van der Waals surface area contributed by atoms with E-state index in [1.165, 1.54) is 0 Å². The quantitative estimate of drug-likeness (QED) is 0.798. The number of rotatable bonds is 5. The van der Waals surface area contributed by atoms with Gasteiger partial charge >= 0.3 is 0 Å². The predicted molar refractivity (Wildman–Crippen MR) is 65.2 cm³/mol. The van der Waals surface area contributed by atoms with Crippen LogP contribution in [0.1, 0.15) is 32.3 Å². The van der Waals surface area contributed by atoms with E-state index in [0.717, 1.165) is 18.5 Å². The molecule has 1 aromatic carbocycles. The molecule has 0 radical (unpaired) electrons. The highest BCUT2D eigenvalue weighted by atomic mass is 16.3. The van der Waals surface area contributed by atoms with E-state index in [9.17, 15) is 5.11 Å². The van der Waals surface area contributed by atoms with Crippen LogP contribution in [0.4, 0.5) is 5.69 Å². The highest BCUT2D eigenvalue weighted by molar-refractivity contribution is 5.47. The van der Waals surface area contributed by atoms with Crippen molar-refractivity contribution in [2.45, 2.75) is 32.3 Å². The molecule has 1 aromatic rings. The van der Waals surface area contributed by atoms with Crippen molar-refractivity contribution in [3.63, 3.8) is 0 Å². The molecule has 0 atom stereocenters. The third kappa shape index (κ3) is 3.25. The largest absolute Gasteiger partial charge is 0.388 e. The van der Waals surface area contributed by atoms with Crippen molar-refractivity contribution in [1.29, 1.82) is 5.26 Å². The molecule has 1 rings (SSSR count). The van der Waals surface area contributed by atoms with Gasteiger partial charge in [-0.1, -0.05) is 13.8 Å². The summed E-state index contributed by atoms with van der Waals surface area (Å²) in [6.07, 6.45) is 1.46. The minimum atomic E-state index is -0.645. The van der Waals surface area contributed by atoms with Crippen LogP contribution in [0.2, 0.25) is 0 Å². The van der Waals surface area contributed by atoms with Gasteiger partial charge in [0, 0.05) is 12.2 Å². The Hall–Kier alpha value is -1.53. The van der Waals surface area contributed by atoms with Crippen molar-refractivity contribution in [1.82, 2.24) is 0 Å². The minimum absolute atomic E-state index is 0.534. The second kappa shape index (κ2) is 5.53. The van der Waals surface area contributed by atoms with Crippen LogP contribution in [0.5, 0.6) is 0 Å². The second-order valence-corrected chi connectivity index (χ2v) is 3.97. The minimum Gasteiger partial charge on any atom is -0.388 e. The molecule has 0 saturated carbocycles. The molecule has 0 bridgehead atoms. The molecule has 0 fully saturated rings. The Kier molecular flexibility index (Phi) is 4.33. The van der Waals surface area contributed by atoms with Gasteiger partial charge in [-0.2, -0.15) is 5.26 Å². The first kappa shape index (κ1) is 12.5. The van der Waals surface area contributed by atoms with Gasteiger partial charge in [-0.3, -0.25) is 0 Å². The Morgan fingerprint density at radius 1 is 1.25 bits per heavy atom. The summed E-state index contributed by atoms with van der Waals surface area (Å²) < 4.78 is 0. The van der Waals surface area contributed by atoms with E-state index in [1.807, 2.05) is 26.0 Å². The van der Waals surface area contributed by atoms with Crippen molar-refractivity contribution in [2.75, 3.05) is 11.9 Å². The Morgan fingerprint density at radius 3 is 2.25 bits per heavy atom. The van der Waals surface area contributed by atoms with Crippen LogP contribution in [0, 0.1) is 11.3 Å². The average Bonchev–Trinajstić information content (AvgIpc) is 2.36. The van der Waals surface area contributed by atoms with E-state index in [0.29, 0.717) is 12.1 Å². The Bertz CT molecular complexity index is 361. The maximum absolute atomic E-state index is 10.1. The van der Waals surface area contributed by atoms with Crippen LogP contribution in [-0.4, -0.2) is 17.3 Å². The van der Waals surface area contributed by atoms with Gasteiger partial charge in [0.2, 0.25) is 0 Å². The fourth-order valence-electron chi connectivity index (χ4n) is 1.43. The number of hydrogen-bond donors (Lipinski definition) is 2. The fourth-order valence-corrected chi connectivity index (χ4v) is 1.43. The molecule has 0 aliphatic rings. The van der Waals surface area contributed by atoms with E-state index >= 15 is 0 Å². The zero-order valence-corrected chi connectivity index (χ0v) is 9.83. The monoisotopic (exact) mass is 218 g/mol. The number of aliphatic hydroxyl groups is 1. The Balaban J connectivity index is 2.58. The van der Waals surface area contributed by atoms with Crippen molar-refractivity contribution in [3.05, 3.63) is 29.8 Å². The molecule has 2 N–H and O–H groups in total. The van der Waals surface area contributed by atoms with Crippen LogP contribution >= 0.6 is 0 Å². The van der Waals surface area contributed by atoms with Gasteiger partial charge in [-0.15, -0.1) is 0 Å². The topological polar surface area (TPSA) is 56.0 Å². The lowest BCUT2D eigenvalue weighted by atomic mass is 9.97. The molecular formula is C13H18N2O. The first-order chi connectivity index (χ1) is 7.63. The van der Waals surface area contributed by atoms with Gasteiger partial charge in [0.05, 0.1) is 17.2 Å². The smallest absolute Gasteiger partial charge is 0.0991 e. The van der Waals surface area contributed by atoms with Crippen LogP contribution in [0.3, 0.4) is 0 Å². The van der Waals surface area contributed by atoms with Crippen molar-refractivity contribution < 1.29 is 5.11 Å². The zero-order chi connectivity index (χ0) is 12.0. The highest BCUT2D eigenvalue weighted by Crippen LogP contribution is 2.16. The van der Waals surface area contributed by atoms with Crippen LogP contribution < -0.4 is 5.32 Å². The number of benzene rings is 1. The second-order valence-electron chi connectivity index (χ2n) is 3.97. The van der Waals surface area contributed by atoms with Crippen LogP contribution in [-0.2, 0) is 0 Å². The van der Waals surface area contributed by atoms with Gasteiger partial charge in [0.15, 0.2) is 0 Å². The first-order valence-corrected chi connectivity index (χ1v) is 5.60. The van der Waals surface area contributed by atoms with E-state index < -0.39 is 5.60 Å². The van der Waals surface area contributed by atoms with Crippen molar-refractivity contribution in [3.8, 4) is 6.07 Å². The third-order valence-corrected chi connectivity index (χ3v) is 2.95. The van der Waals surface area contributed by atoms with Crippen LogP contribution in [0.25, 0.3) is 0 Å². The maximum atomic E-state index is 10.1. The summed E-state index contributed by atoms with van der Waals surface area (Å²) in [5.74, 6) is 0. The molecule has 0 heterocycles. The zero-order valence-electron chi connectivity index (χ0n) is 9.83. The van der Waals surface area contributed by atoms with E-state index in [2.05, 4.69) is 11.4 Å².